The number of benzene rings is 11. The van der Waals surface area contributed by atoms with E-state index in [0.29, 0.717) is 0 Å². The second-order valence-electron chi connectivity index (χ2n) is 17.4. The molecule has 0 bridgehead atoms. The molecule has 0 nitrogen and oxygen atoms in total. The van der Waals surface area contributed by atoms with Crippen molar-refractivity contribution in [1.82, 2.24) is 0 Å². The fourth-order valence-corrected chi connectivity index (χ4v) is 11.0. The van der Waals surface area contributed by atoms with E-state index in [1.165, 1.54) is 133 Å². The first-order valence-electron chi connectivity index (χ1n) is 22.9. The Bertz CT molecular complexity index is 3740. The van der Waals surface area contributed by atoms with Gasteiger partial charge in [-0.15, -0.1) is 0 Å². The number of hydrogen-bond acceptors (Lipinski definition) is 0. The van der Waals surface area contributed by atoms with E-state index in [4.69, 9.17) is 0 Å². The Labute approximate surface area is 385 Å². The standard InChI is InChI=1S/C66H42/c1-6-23-44(24-7-1)55-41-57-58(42-56(55)45-25-8-2-9-26-45)64-61(47-29-12-4-13-30-47)66(62(48-31-14-5-15-32-48)65(64)60(57)46-27-10-3-11-28-46)63-53-36-20-18-34-51(53)59(52-35-19-21-37-54(52)63)50-39-38-43-22-16-17-33-49(43)40-50/h1-42H. The highest BCUT2D eigenvalue weighted by Crippen LogP contribution is 2.64. The zero-order valence-electron chi connectivity index (χ0n) is 36.2. The van der Waals surface area contributed by atoms with Crippen LogP contribution < -0.4 is 0 Å². The van der Waals surface area contributed by atoms with Crippen LogP contribution >= 0.6 is 0 Å². The van der Waals surface area contributed by atoms with Gasteiger partial charge in [-0.1, -0.05) is 237 Å². The van der Waals surface area contributed by atoms with Gasteiger partial charge in [-0.25, -0.2) is 0 Å². The molecule has 306 valence electrons. The molecule has 0 N–H and O–H groups in total. The molecule has 0 spiro atoms. The molecule has 0 saturated heterocycles. The quantitative estimate of drug-likeness (QED) is 0.140. The molecular formula is C66H42. The predicted molar refractivity (Wildman–Crippen MR) is 281 cm³/mol. The molecule has 66 heavy (non-hydrogen) atoms. The lowest BCUT2D eigenvalue weighted by Gasteiger charge is -2.23. The van der Waals surface area contributed by atoms with Gasteiger partial charge in [-0.3, -0.25) is 0 Å². The van der Waals surface area contributed by atoms with Crippen molar-refractivity contribution in [3.8, 4) is 33.4 Å². The third kappa shape index (κ3) is 6.00. The van der Waals surface area contributed by atoms with E-state index in [1.54, 1.807) is 0 Å². The molecule has 0 fully saturated rings. The first-order chi connectivity index (χ1) is 32.8. The largest absolute Gasteiger partial charge is 0.0622 e. The van der Waals surface area contributed by atoms with Crippen molar-refractivity contribution >= 4 is 60.2 Å². The first-order valence-corrected chi connectivity index (χ1v) is 22.9. The van der Waals surface area contributed by atoms with E-state index in [9.17, 15) is 0 Å². The van der Waals surface area contributed by atoms with Gasteiger partial charge in [0.05, 0.1) is 0 Å². The van der Waals surface area contributed by atoms with Gasteiger partial charge < -0.3 is 0 Å². The zero-order valence-corrected chi connectivity index (χ0v) is 36.2. The zero-order chi connectivity index (χ0) is 43.6. The summed E-state index contributed by atoms with van der Waals surface area (Å²) in [5.74, 6) is 0. The van der Waals surface area contributed by atoms with Gasteiger partial charge in [0, 0.05) is 0 Å². The van der Waals surface area contributed by atoms with E-state index < -0.39 is 0 Å². The maximum Gasteiger partial charge on any atom is -0.000137 e. The summed E-state index contributed by atoms with van der Waals surface area (Å²) in [6.45, 7) is 0. The minimum Gasteiger partial charge on any atom is -0.0622 e. The summed E-state index contributed by atoms with van der Waals surface area (Å²) in [7, 11) is 0. The Morgan fingerprint density at radius 3 is 1.02 bits per heavy atom. The lowest BCUT2D eigenvalue weighted by Crippen LogP contribution is -1.99. The van der Waals surface area contributed by atoms with Crippen LogP contribution in [-0.4, -0.2) is 0 Å². The summed E-state index contributed by atoms with van der Waals surface area (Å²) in [5.41, 5.74) is 22.3. The van der Waals surface area contributed by atoms with Gasteiger partial charge in [0.15, 0.2) is 0 Å². The summed E-state index contributed by atoms with van der Waals surface area (Å²) in [6, 6.07) is 94.2. The Morgan fingerprint density at radius 2 is 0.530 bits per heavy atom. The highest BCUT2D eigenvalue weighted by atomic mass is 14.4. The Balaban J connectivity index is 1.22. The smallest absolute Gasteiger partial charge is 0.000137 e. The van der Waals surface area contributed by atoms with Gasteiger partial charge in [-0.2, -0.15) is 0 Å². The number of fused-ring (bicyclic) bond motifs is 6. The van der Waals surface area contributed by atoms with Crippen LogP contribution in [0.2, 0.25) is 0 Å². The summed E-state index contributed by atoms with van der Waals surface area (Å²) < 4.78 is 0. The summed E-state index contributed by atoms with van der Waals surface area (Å²) in [4.78, 5) is 0. The predicted octanol–water partition coefficient (Wildman–Crippen LogP) is 17.5. The average Bonchev–Trinajstić information content (AvgIpc) is 3.90. The van der Waals surface area contributed by atoms with Crippen molar-refractivity contribution < 1.29 is 0 Å². The summed E-state index contributed by atoms with van der Waals surface area (Å²) in [6.07, 6.45) is 0. The third-order valence-electron chi connectivity index (χ3n) is 13.8. The SMILES string of the molecule is c1ccc(C2=C3C(=C(c4ccccc4)c4cc(-c5ccccc5)c(-c5ccccc5)cc43)C(c3ccccc3)=C2c2c3ccccc3c(-c3ccc4ccccc4c3)c3ccccc23)cc1. The lowest BCUT2D eigenvalue weighted by atomic mass is 9.80. The molecule has 2 aliphatic carbocycles. The van der Waals surface area contributed by atoms with Crippen molar-refractivity contribution in [1.29, 1.82) is 0 Å². The van der Waals surface area contributed by atoms with Crippen molar-refractivity contribution in [3.63, 3.8) is 0 Å². The molecule has 2 aliphatic rings. The fraction of sp³-hybridized carbons (Fsp3) is 0. The number of hydrogen-bond donors (Lipinski definition) is 0. The molecule has 11 aromatic carbocycles. The fourth-order valence-electron chi connectivity index (χ4n) is 11.0. The monoisotopic (exact) mass is 834 g/mol. The minimum absolute atomic E-state index is 1.20. The van der Waals surface area contributed by atoms with Gasteiger partial charge in [-0.05, 0) is 151 Å². The maximum absolute atomic E-state index is 2.51. The molecule has 0 atom stereocenters. The molecule has 0 aliphatic heterocycles. The van der Waals surface area contributed by atoms with Crippen LogP contribution in [0, 0.1) is 0 Å². The van der Waals surface area contributed by atoms with Crippen molar-refractivity contribution in [2.24, 2.45) is 0 Å². The van der Waals surface area contributed by atoms with E-state index >= 15 is 0 Å². The van der Waals surface area contributed by atoms with Crippen LogP contribution in [0.1, 0.15) is 33.4 Å². The van der Waals surface area contributed by atoms with Gasteiger partial charge >= 0.3 is 0 Å². The Morgan fingerprint density at radius 1 is 0.167 bits per heavy atom. The van der Waals surface area contributed by atoms with E-state index in [-0.39, 0.29) is 0 Å². The summed E-state index contributed by atoms with van der Waals surface area (Å²) >= 11 is 0. The first kappa shape index (κ1) is 37.9. The molecule has 0 heteroatoms. The van der Waals surface area contributed by atoms with Gasteiger partial charge in [0.1, 0.15) is 0 Å². The van der Waals surface area contributed by atoms with Gasteiger partial charge in [0.2, 0.25) is 0 Å². The molecule has 0 amide bonds. The minimum atomic E-state index is 1.20. The highest BCUT2D eigenvalue weighted by molar-refractivity contribution is 6.42. The molecule has 0 unspecified atom stereocenters. The second kappa shape index (κ2) is 15.6. The van der Waals surface area contributed by atoms with Crippen molar-refractivity contribution in [3.05, 3.63) is 294 Å². The van der Waals surface area contributed by atoms with Crippen LogP contribution in [0.15, 0.2) is 260 Å². The van der Waals surface area contributed by atoms with E-state index in [0.717, 1.165) is 0 Å². The second-order valence-corrected chi connectivity index (χ2v) is 17.4. The molecule has 13 rings (SSSR count). The molecule has 0 heterocycles. The molecule has 11 aromatic rings. The van der Waals surface area contributed by atoms with Crippen LogP contribution in [0.3, 0.4) is 0 Å². The number of allylic oxidation sites excluding steroid dienone is 5. The normalized spacial score (nSPS) is 13.3. The third-order valence-corrected chi connectivity index (χ3v) is 13.8. The van der Waals surface area contributed by atoms with Gasteiger partial charge in [0.25, 0.3) is 0 Å². The molecule has 0 saturated carbocycles. The van der Waals surface area contributed by atoms with Crippen molar-refractivity contribution in [2.75, 3.05) is 0 Å². The Kier molecular flexibility index (Phi) is 8.96. The topological polar surface area (TPSA) is 0 Å². The highest BCUT2D eigenvalue weighted by Gasteiger charge is 2.41. The van der Waals surface area contributed by atoms with Crippen LogP contribution in [0.4, 0.5) is 0 Å². The van der Waals surface area contributed by atoms with Crippen molar-refractivity contribution in [2.45, 2.75) is 0 Å². The molecular weight excluding hydrogens is 793 g/mol. The Hall–Kier alpha value is -8.58. The van der Waals surface area contributed by atoms with Crippen LogP contribution in [0.5, 0.6) is 0 Å². The van der Waals surface area contributed by atoms with Crippen LogP contribution in [0.25, 0.3) is 93.6 Å². The molecule has 0 radical (unpaired) electrons. The van der Waals surface area contributed by atoms with E-state index in [1.807, 2.05) is 0 Å². The molecule has 0 aromatic heterocycles. The number of rotatable bonds is 7. The lowest BCUT2D eigenvalue weighted by molar-refractivity contribution is 1.52. The summed E-state index contributed by atoms with van der Waals surface area (Å²) in [5, 5.41) is 7.45. The average molecular weight is 835 g/mol. The van der Waals surface area contributed by atoms with Crippen LogP contribution in [-0.2, 0) is 0 Å². The maximum atomic E-state index is 2.51. The van der Waals surface area contributed by atoms with E-state index in [2.05, 4.69) is 255 Å².